The first kappa shape index (κ1) is 22.6. The number of ether oxygens (including phenoxy) is 1. The highest BCUT2D eigenvalue weighted by Crippen LogP contribution is 2.22. The Labute approximate surface area is 154 Å². The predicted octanol–water partition coefficient (Wildman–Crippen LogP) is 1.78. The Morgan fingerprint density at radius 2 is 2.30 bits per heavy atom. The van der Waals surface area contributed by atoms with Crippen molar-refractivity contribution in [1.82, 2.24) is 15.2 Å². The van der Waals surface area contributed by atoms with E-state index >= 15 is 0 Å². The highest BCUT2D eigenvalue weighted by Gasteiger charge is 2.20. The molecule has 23 heavy (non-hydrogen) atoms. The fraction of sp³-hybridized carbons (Fsp3) is 0.714. The van der Waals surface area contributed by atoms with E-state index in [1.54, 1.807) is 18.9 Å². The molecular formula is C14H26Cl2N4O2S. The molecule has 1 N–H and O–H groups in total. The summed E-state index contributed by atoms with van der Waals surface area (Å²) in [5.41, 5.74) is 1.03. The number of anilines is 1. The lowest BCUT2D eigenvalue weighted by Gasteiger charge is -2.33. The van der Waals surface area contributed by atoms with Crippen LogP contribution in [0.5, 0.6) is 0 Å². The Morgan fingerprint density at radius 1 is 1.57 bits per heavy atom. The third kappa shape index (κ3) is 6.52. The number of rotatable bonds is 6. The first-order chi connectivity index (χ1) is 10.1. The number of thiazole rings is 1. The fourth-order valence-corrected chi connectivity index (χ4v) is 3.28. The topological polar surface area (TPSA) is 57.7 Å². The number of carbonyl (C=O) groups excluding carboxylic acids is 1. The van der Waals surface area contributed by atoms with Crippen LogP contribution >= 0.6 is 36.2 Å². The zero-order chi connectivity index (χ0) is 15.2. The first-order valence-corrected chi connectivity index (χ1v) is 8.16. The third-order valence-electron chi connectivity index (χ3n) is 3.67. The Morgan fingerprint density at radius 3 is 2.91 bits per heavy atom. The van der Waals surface area contributed by atoms with Gasteiger partial charge in [-0.25, -0.2) is 4.98 Å². The summed E-state index contributed by atoms with van der Waals surface area (Å²) in [6.45, 7) is 8.77. The van der Waals surface area contributed by atoms with E-state index in [-0.39, 0.29) is 30.7 Å². The molecule has 1 amide bonds. The van der Waals surface area contributed by atoms with Crippen molar-refractivity contribution in [2.75, 3.05) is 44.8 Å². The Balaban J connectivity index is 0.00000242. The number of hydrogen-bond acceptors (Lipinski definition) is 6. The molecule has 2 rings (SSSR count). The van der Waals surface area contributed by atoms with Gasteiger partial charge >= 0.3 is 0 Å². The maximum Gasteiger partial charge on any atom is 0.225 e. The summed E-state index contributed by atoms with van der Waals surface area (Å²) in [6.07, 6.45) is 0. The highest BCUT2D eigenvalue weighted by atomic mass is 35.5. The molecule has 0 aliphatic carbocycles. The number of amides is 1. The minimum Gasteiger partial charge on any atom is -0.383 e. The van der Waals surface area contributed by atoms with Crippen LogP contribution in [-0.4, -0.2) is 61.7 Å². The van der Waals surface area contributed by atoms with E-state index in [0.717, 1.165) is 37.0 Å². The molecule has 6 nitrogen and oxygen atoms in total. The van der Waals surface area contributed by atoms with E-state index in [9.17, 15) is 4.79 Å². The lowest BCUT2D eigenvalue weighted by Crippen LogP contribution is -2.49. The number of nitrogens with zero attached hydrogens (tertiary/aromatic N) is 3. The maximum atomic E-state index is 11.7. The summed E-state index contributed by atoms with van der Waals surface area (Å²) >= 11 is 1.52. The second-order valence-corrected chi connectivity index (χ2v) is 6.15. The lowest BCUT2D eigenvalue weighted by atomic mass is 10.2. The van der Waals surface area contributed by atoms with Gasteiger partial charge in [-0.3, -0.25) is 14.6 Å². The van der Waals surface area contributed by atoms with Crippen molar-refractivity contribution in [3.05, 3.63) is 11.1 Å². The van der Waals surface area contributed by atoms with Crippen molar-refractivity contribution in [2.45, 2.75) is 26.4 Å². The van der Waals surface area contributed by atoms with Crippen LogP contribution < -0.4 is 10.2 Å². The van der Waals surface area contributed by atoms with Crippen LogP contribution in [0.4, 0.5) is 5.13 Å². The fourth-order valence-electron chi connectivity index (χ4n) is 2.39. The van der Waals surface area contributed by atoms with E-state index in [1.165, 1.54) is 11.3 Å². The van der Waals surface area contributed by atoms with Gasteiger partial charge in [0.15, 0.2) is 5.13 Å². The zero-order valence-corrected chi connectivity index (χ0v) is 16.2. The summed E-state index contributed by atoms with van der Waals surface area (Å²) in [4.78, 5) is 20.4. The average Bonchev–Trinajstić information content (AvgIpc) is 2.90. The van der Waals surface area contributed by atoms with Crippen LogP contribution in [0.15, 0.2) is 5.38 Å². The van der Waals surface area contributed by atoms with E-state index < -0.39 is 0 Å². The van der Waals surface area contributed by atoms with E-state index in [2.05, 4.69) is 22.1 Å². The van der Waals surface area contributed by atoms with Gasteiger partial charge in [-0.2, -0.15) is 0 Å². The zero-order valence-electron chi connectivity index (χ0n) is 13.8. The Kier molecular flexibility index (Phi) is 11.0. The van der Waals surface area contributed by atoms with Crippen molar-refractivity contribution >= 4 is 47.2 Å². The molecule has 0 saturated carbocycles. The van der Waals surface area contributed by atoms with Crippen molar-refractivity contribution in [1.29, 1.82) is 0 Å². The molecule has 0 bridgehead atoms. The molecule has 0 radical (unpaired) electrons. The van der Waals surface area contributed by atoms with Crippen LogP contribution in [0.2, 0.25) is 0 Å². The molecule has 0 unspecified atom stereocenters. The lowest BCUT2D eigenvalue weighted by molar-refractivity contribution is -0.116. The van der Waals surface area contributed by atoms with Gasteiger partial charge in [-0.15, -0.1) is 36.2 Å². The summed E-state index contributed by atoms with van der Waals surface area (Å²) in [7, 11) is 1.64. The van der Waals surface area contributed by atoms with E-state index in [4.69, 9.17) is 4.74 Å². The minimum atomic E-state index is 0. The minimum absolute atomic E-state index is 0. The molecule has 134 valence electrons. The van der Waals surface area contributed by atoms with Gasteiger partial charge in [-0.1, -0.05) is 0 Å². The summed E-state index contributed by atoms with van der Waals surface area (Å²) < 4.78 is 5.05. The molecule has 2 heterocycles. The number of aromatic nitrogens is 1. The van der Waals surface area contributed by atoms with Gasteiger partial charge in [0.1, 0.15) is 0 Å². The number of nitrogens with one attached hydrogen (secondary N) is 1. The predicted molar refractivity (Wildman–Crippen MR) is 99.3 cm³/mol. The molecule has 1 atom stereocenters. The van der Waals surface area contributed by atoms with Gasteiger partial charge in [0.2, 0.25) is 5.91 Å². The largest absolute Gasteiger partial charge is 0.383 e. The smallest absolute Gasteiger partial charge is 0.225 e. The summed E-state index contributed by atoms with van der Waals surface area (Å²) in [5, 5.41) is 6.20. The van der Waals surface area contributed by atoms with Gasteiger partial charge in [0, 0.05) is 51.6 Å². The van der Waals surface area contributed by atoms with Crippen LogP contribution in [0.3, 0.4) is 0 Å². The molecule has 1 saturated heterocycles. The molecule has 0 spiro atoms. The molecule has 1 fully saturated rings. The molecule has 1 aromatic rings. The van der Waals surface area contributed by atoms with Crippen molar-refractivity contribution < 1.29 is 9.53 Å². The van der Waals surface area contributed by atoms with Crippen molar-refractivity contribution in [2.24, 2.45) is 0 Å². The molecule has 1 aliphatic rings. The Hall–Kier alpha value is -0.440. The maximum absolute atomic E-state index is 11.7. The van der Waals surface area contributed by atoms with Crippen LogP contribution in [0.1, 0.15) is 19.5 Å². The molecule has 1 aromatic heterocycles. The number of halogens is 2. The molecule has 1 aliphatic heterocycles. The quantitative estimate of drug-likeness (QED) is 0.809. The Bertz CT molecular complexity index is 475. The number of carbonyl (C=O) groups is 1. The third-order valence-corrected chi connectivity index (χ3v) is 4.59. The monoisotopic (exact) mass is 384 g/mol. The first-order valence-electron chi connectivity index (χ1n) is 7.28. The van der Waals surface area contributed by atoms with Gasteiger partial charge < -0.3 is 10.1 Å². The van der Waals surface area contributed by atoms with Crippen molar-refractivity contribution in [3.8, 4) is 0 Å². The second-order valence-electron chi connectivity index (χ2n) is 5.31. The number of hydrogen-bond donors (Lipinski definition) is 1. The summed E-state index contributed by atoms with van der Waals surface area (Å²) in [6, 6.07) is 0.515. The normalized spacial score (nSPS) is 18.0. The van der Waals surface area contributed by atoms with Gasteiger partial charge in [0.25, 0.3) is 0 Å². The average molecular weight is 385 g/mol. The summed E-state index contributed by atoms with van der Waals surface area (Å²) in [5.74, 6) is 0.00323. The highest BCUT2D eigenvalue weighted by molar-refractivity contribution is 7.14. The number of piperazine rings is 1. The molecule has 0 aromatic carbocycles. The van der Waals surface area contributed by atoms with Crippen molar-refractivity contribution in [3.63, 3.8) is 0 Å². The van der Waals surface area contributed by atoms with E-state index in [0.29, 0.717) is 19.2 Å². The van der Waals surface area contributed by atoms with Crippen LogP contribution in [0, 0.1) is 0 Å². The SMILES string of the molecule is COCCN(C(C)=O)c1nc(CN2CCNC[C@H]2C)cs1.Cl.Cl. The number of methoxy groups -OCH3 is 1. The standard InChI is InChI=1S/C14H24N4O2S.2ClH/c1-11-8-15-4-5-17(11)9-13-10-21-14(16-13)18(12(2)19)6-7-20-3;;/h10-11,15H,4-9H2,1-3H3;2*1H/t11-;;/m1../s1. The van der Waals surface area contributed by atoms with E-state index in [1.807, 2.05) is 5.38 Å². The van der Waals surface area contributed by atoms with Gasteiger partial charge in [0.05, 0.1) is 18.8 Å². The van der Waals surface area contributed by atoms with Gasteiger partial charge in [-0.05, 0) is 6.92 Å². The molecule has 9 heteroatoms. The molecular weight excluding hydrogens is 359 g/mol. The van der Waals surface area contributed by atoms with Crippen LogP contribution in [0.25, 0.3) is 0 Å². The van der Waals surface area contributed by atoms with Crippen LogP contribution in [-0.2, 0) is 16.1 Å². The second kappa shape index (κ2) is 11.2.